The number of carbonyl (C=O) groups is 2. The van der Waals surface area contributed by atoms with Crippen molar-refractivity contribution in [1.82, 2.24) is 14.4 Å². The molecule has 2 aliphatic rings. The fourth-order valence-electron chi connectivity index (χ4n) is 3.41. The highest BCUT2D eigenvalue weighted by Crippen LogP contribution is 2.30. The van der Waals surface area contributed by atoms with Crippen LogP contribution in [0.1, 0.15) is 24.3 Å². The van der Waals surface area contributed by atoms with Gasteiger partial charge in [-0.25, -0.2) is 8.42 Å². The molecule has 0 radical (unpaired) electrons. The Balaban J connectivity index is 1.76. The molecular formula is C14H19N3O6S. The molecule has 3 rings (SSSR count). The van der Waals surface area contributed by atoms with E-state index in [0.29, 0.717) is 12.1 Å². The number of carboxylic acids is 1. The van der Waals surface area contributed by atoms with Gasteiger partial charge >= 0.3 is 5.97 Å². The van der Waals surface area contributed by atoms with Crippen molar-refractivity contribution in [1.29, 1.82) is 0 Å². The Bertz CT molecular complexity index is 767. The minimum absolute atomic E-state index is 0.0253. The molecule has 0 aliphatic carbocycles. The summed E-state index contributed by atoms with van der Waals surface area (Å²) in [4.78, 5) is 24.7. The second kappa shape index (κ2) is 5.85. The van der Waals surface area contributed by atoms with Crippen LogP contribution in [0.2, 0.25) is 0 Å². The van der Waals surface area contributed by atoms with E-state index in [1.54, 1.807) is 13.8 Å². The Kier molecular flexibility index (Phi) is 4.12. The van der Waals surface area contributed by atoms with E-state index in [1.165, 1.54) is 9.21 Å². The molecule has 10 heteroatoms. The molecule has 1 aromatic rings. The summed E-state index contributed by atoms with van der Waals surface area (Å²) in [6, 6.07) is -0.294. The van der Waals surface area contributed by atoms with Crippen LogP contribution >= 0.6 is 0 Å². The standard InChI is InChI=1S/C14H19N3O6S/c1-8-13(9(2)23-15-8)24(21,22)16-4-3-11(7-16)17-6-10(14(19)20)5-12(17)18/h10-11H,3-7H2,1-2H3,(H,19,20). The summed E-state index contributed by atoms with van der Waals surface area (Å²) in [6.07, 6.45) is 0.461. The second-order valence-electron chi connectivity index (χ2n) is 6.24. The molecular weight excluding hydrogens is 338 g/mol. The Morgan fingerprint density at radius 1 is 1.33 bits per heavy atom. The van der Waals surface area contributed by atoms with Gasteiger partial charge in [0.25, 0.3) is 0 Å². The van der Waals surface area contributed by atoms with E-state index in [2.05, 4.69) is 5.16 Å². The number of hydrogen-bond donors (Lipinski definition) is 1. The average Bonchev–Trinajstić information content (AvgIpc) is 3.18. The molecule has 1 amide bonds. The predicted molar refractivity (Wildman–Crippen MR) is 80.6 cm³/mol. The fraction of sp³-hybridized carbons (Fsp3) is 0.643. The summed E-state index contributed by atoms with van der Waals surface area (Å²) in [6.45, 7) is 3.68. The van der Waals surface area contributed by atoms with Crippen LogP contribution in [-0.4, -0.2) is 65.4 Å². The molecule has 132 valence electrons. The molecule has 2 unspecified atom stereocenters. The largest absolute Gasteiger partial charge is 0.481 e. The lowest BCUT2D eigenvalue weighted by Gasteiger charge is -2.24. The van der Waals surface area contributed by atoms with E-state index in [-0.39, 0.29) is 48.7 Å². The SMILES string of the molecule is Cc1noc(C)c1S(=O)(=O)N1CCC(N2CC(C(=O)O)CC2=O)C1. The van der Waals surface area contributed by atoms with Gasteiger partial charge in [0.2, 0.25) is 15.9 Å². The van der Waals surface area contributed by atoms with Gasteiger partial charge < -0.3 is 14.5 Å². The molecule has 1 N–H and O–H groups in total. The molecule has 9 nitrogen and oxygen atoms in total. The number of carbonyl (C=O) groups excluding carboxylic acids is 1. The van der Waals surface area contributed by atoms with Gasteiger partial charge in [-0.05, 0) is 20.3 Å². The smallest absolute Gasteiger partial charge is 0.308 e. The third-order valence-electron chi connectivity index (χ3n) is 4.64. The Labute approximate surface area is 139 Å². The van der Waals surface area contributed by atoms with Gasteiger partial charge in [-0.2, -0.15) is 4.31 Å². The maximum atomic E-state index is 12.8. The lowest BCUT2D eigenvalue weighted by atomic mass is 10.1. The zero-order chi connectivity index (χ0) is 17.6. The first kappa shape index (κ1) is 16.9. The second-order valence-corrected chi connectivity index (χ2v) is 8.12. The van der Waals surface area contributed by atoms with Crippen molar-refractivity contribution in [3.8, 4) is 0 Å². The number of aliphatic carboxylic acids is 1. The number of amides is 1. The number of likely N-dealkylation sites (tertiary alicyclic amines) is 1. The molecule has 0 spiro atoms. The van der Waals surface area contributed by atoms with Crippen molar-refractivity contribution in [2.45, 2.75) is 37.6 Å². The maximum Gasteiger partial charge on any atom is 0.308 e. The van der Waals surface area contributed by atoms with E-state index in [1.807, 2.05) is 0 Å². The Morgan fingerprint density at radius 3 is 2.58 bits per heavy atom. The van der Waals surface area contributed by atoms with E-state index in [4.69, 9.17) is 9.63 Å². The van der Waals surface area contributed by atoms with Crippen molar-refractivity contribution in [2.24, 2.45) is 5.92 Å². The van der Waals surface area contributed by atoms with Crippen LogP contribution in [0, 0.1) is 19.8 Å². The van der Waals surface area contributed by atoms with Gasteiger partial charge in [-0.3, -0.25) is 9.59 Å². The summed E-state index contributed by atoms with van der Waals surface area (Å²) in [5.74, 6) is -1.71. The van der Waals surface area contributed by atoms with Crippen LogP contribution in [0.15, 0.2) is 9.42 Å². The van der Waals surface area contributed by atoms with Crippen LogP contribution in [0.25, 0.3) is 0 Å². The van der Waals surface area contributed by atoms with E-state index < -0.39 is 21.9 Å². The van der Waals surface area contributed by atoms with Gasteiger partial charge in [-0.15, -0.1) is 0 Å². The normalized spacial score (nSPS) is 25.6. The number of sulfonamides is 1. The summed E-state index contributed by atoms with van der Waals surface area (Å²) in [5.41, 5.74) is 0.305. The van der Waals surface area contributed by atoms with Crippen molar-refractivity contribution in [3.05, 3.63) is 11.5 Å². The van der Waals surface area contributed by atoms with Crippen LogP contribution < -0.4 is 0 Å². The number of aryl methyl sites for hydroxylation is 2. The minimum atomic E-state index is -3.74. The minimum Gasteiger partial charge on any atom is -0.481 e. The molecule has 0 saturated carbocycles. The van der Waals surface area contributed by atoms with Gasteiger partial charge in [0.1, 0.15) is 10.6 Å². The maximum absolute atomic E-state index is 12.8. The zero-order valence-corrected chi connectivity index (χ0v) is 14.2. The summed E-state index contributed by atoms with van der Waals surface area (Å²) >= 11 is 0. The Morgan fingerprint density at radius 2 is 2.04 bits per heavy atom. The third-order valence-corrected chi connectivity index (χ3v) is 6.75. The molecule has 0 bridgehead atoms. The number of carboxylic acid groups (broad SMARTS) is 1. The first-order chi connectivity index (χ1) is 11.2. The van der Waals surface area contributed by atoms with Crippen LogP contribution in [0.5, 0.6) is 0 Å². The van der Waals surface area contributed by atoms with Gasteiger partial charge in [0.05, 0.1) is 5.92 Å². The molecule has 3 heterocycles. The molecule has 1 aromatic heterocycles. The van der Waals surface area contributed by atoms with E-state index >= 15 is 0 Å². The Hall–Kier alpha value is -1.94. The molecule has 0 aromatic carbocycles. The van der Waals surface area contributed by atoms with Crippen molar-refractivity contribution < 1.29 is 27.6 Å². The first-order valence-electron chi connectivity index (χ1n) is 7.67. The quantitative estimate of drug-likeness (QED) is 0.804. The highest BCUT2D eigenvalue weighted by molar-refractivity contribution is 7.89. The topological polar surface area (TPSA) is 121 Å². The number of aromatic nitrogens is 1. The van der Waals surface area contributed by atoms with Gasteiger partial charge in [0.15, 0.2) is 5.76 Å². The lowest BCUT2D eigenvalue weighted by Crippen LogP contribution is -2.40. The molecule has 24 heavy (non-hydrogen) atoms. The average molecular weight is 357 g/mol. The third kappa shape index (κ3) is 2.69. The monoisotopic (exact) mass is 357 g/mol. The molecule has 2 fully saturated rings. The molecule has 2 saturated heterocycles. The van der Waals surface area contributed by atoms with Gasteiger partial charge in [-0.1, -0.05) is 5.16 Å². The summed E-state index contributed by atoms with van der Waals surface area (Å²) in [5, 5.41) is 12.7. The summed E-state index contributed by atoms with van der Waals surface area (Å²) in [7, 11) is -3.74. The van der Waals surface area contributed by atoms with Crippen molar-refractivity contribution in [3.63, 3.8) is 0 Å². The molecule has 2 aliphatic heterocycles. The molecule has 2 atom stereocenters. The number of rotatable bonds is 4. The number of nitrogens with zero attached hydrogens (tertiary/aromatic N) is 3. The highest BCUT2D eigenvalue weighted by Gasteiger charge is 2.43. The van der Waals surface area contributed by atoms with Crippen LogP contribution in [0.3, 0.4) is 0 Å². The fourth-order valence-corrected chi connectivity index (χ4v) is 5.19. The summed E-state index contributed by atoms with van der Waals surface area (Å²) < 4.78 is 31.8. The highest BCUT2D eigenvalue weighted by atomic mass is 32.2. The zero-order valence-electron chi connectivity index (χ0n) is 13.4. The van der Waals surface area contributed by atoms with Crippen LogP contribution in [-0.2, 0) is 19.6 Å². The van der Waals surface area contributed by atoms with Crippen molar-refractivity contribution in [2.75, 3.05) is 19.6 Å². The van der Waals surface area contributed by atoms with E-state index in [0.717, 1.165) is 0 Å². The van der Waals surface area contributed by atoms with E-state index in [9.17, 15) is 18.0 Å². The lowest BCUT2D eigenvalue weighted by molar-refractivity contribution is -0.141. The predicted octanol–water partition coefficient (Wildman–Crippen LogP) is -0.0125. The number of hydrogen-bond acceptors (Lipinski definition) is 6. The van der Waals surface area contributed by atoms with Crippen LogP contribution in [0.4, 0.5) is 0 Å². The first-order valence-corrected chi connectivity index (χ1v) is 9.11. The van der Waals surface area contributed by atoms with Crippen molar-refractivity contribution >= 4 is 21.9 Å². The van der Waals surface area contributed by atoms with Gasteiger partial charge in [0, 0.05) is 32.1 Å².